The molecule has 8 nitrogen and oxygen atoms in total. The number of aromatic nitrogens is 2. The maximum Gasteiger partial charge on any atom is 0.269 e. The number of hydrogen-bond acceptors (Lipinski definition) is 7. The fraction of sp³-hybridized carbons (Fsp3) is 0.179. The van der Waals surface area contributed by atoms with Crippen molar-refractivity contribution in [3.8, 4) is 28.6 Å². The van der Waals surface area contributed by atoms with E-state index in [-0.39, 0.29) is 11.1 Å². The predicted molar refractivity (Wildman–Crippen MR) is 137 cm³/mol. The molecular weight excluding hydrogens is 460 g/mol. The summed E-state index contributed by atoms with van der Waals surface area (Å²) in [7, 11) is 4.73. The van der Waals surface area contributed by atoms with Crippen molar-refractivity contribution in [3.63, 3.8) is 0 Å². The Morgan fingerprint density at radius 3 is 2.06 bits per heavy atom. The van der Waals surface area contributed by atoms with Gasteiger partial charge in [0, 0.05) is 18.2 Å². The van der Waals surface area contributed by atoms with Crippen molar-refractivity contribution in [3.05, 3.63) is 92.9 Å². The Labute approximate surface area is 206 Å². The summed E-state index contributed by atoms with van der Waals surface area (Å²) in [5.41, 5.74) is 1.11. The first-order valence-corrected chi connectivity index (χ1v) is 11.3. The van der Waals surface area contributed by atoms with E-state index in [2.05, 4.69) is 4.98 Å². The van der Waals surface area contributed by atoms with E-state index >= 15 is 0 Å². The van der Waals surface area contributed by atoms with Crippen molar-refractivity contribution in [1.82, 2.24) is 9.55 Å². The van der Waals surface area contributed by atoms with Crippen LogP contribution in [0.5, 0.6) is 17.2 Å². The first kappa shape index (κ1) is 23.2. The highest BCUT2D eigenvalue weighted by Gasteiger charge is 2.19. The molecule has 5 rings (SSSR count). The van der Waals surface area contributed by atoms with Crippen molar-refractivity contribution in [2.75, 3.05) is 21.3 Å². The molecule has 0 aliphatic heterocycles. The van der Waals surface area contributed by atoms with Gasteiger partial charge < -0.3 is 18.6 Å². The van der Waals surface area contributed by atoms with Gasteiger partial charge in [0.25, 0.3) is 5.56 Å². The summed E-state index contributed by atoms with van der Waals surface area (Å²) < 4.78 is 23.2. The van der Waals surface area contributed by atoms with Gasteiger partial charge in [-0.25, -0.2) is 0 Å². The lowest BCUT2D eigenvalue weighted by molar-refractivity contribution is 0.414. The molecule has 0 atom stereocenters. The molecule has 0 radical (unpaired) electrons. The van der Waals surface area contributed by atoms with Crippen LogP contribution in [0.3, 0.4) is 0 Å². The highest BCUT2D eigenvalue weighted by Crippen LogP contribution is 2.25. The minimum absolute atomic E-state index is 0.0164. The third-order valence-electron chi connectivity index (χ3n) is 6.13. The van der Waals surface area contributed by atoms with Gasteiger partial charge in [0.1, 0.15) is 28.7 Å². The Morgan fingerprint density at radius 2 is 1.42 bits per heavy atom. The van der Waals surface area contributed by atoms with Gasteiger partial charge >= 0.3 is 0 Å². The van der Waals surface area contributed by atoms with Gasteiger partial charge in [0.2, 0.25) is 11.1 Å². The third kappa shape index (κ3) is 4.17. The minimum Gasteiger partial charge on any atom is -0.497 e. The van der Waals surface area contributed by atoms with Gasteiger partial charge in [-0.2, -0.15) is 4.98 Å². The maximum absolute atomic E-state index is 13.7. The van der Waals surface area contributed by atoms with E-state index in [1.54, 1.807) is 44.6 Å². The van der Waals surface area contributed by atoms with E-state index in [1.165, 1.54) is 11.7 Å². The molecule has 36 heavy (non-hydrogen) atoms. The minimum atomic E-state index is -0.453. The summed E-state index contributed by atoms with van der Waals surface area (Å²) >= 11 is 0. The molecular formula is C28H24N2O6. The zero-order valence-corrected chi connectivity index (χ0v) is 20.1. The molecule has 5 aromatic rings. The molecule has 0 aliphatic carbocycles. The number of fused-ring (bicyclic) bond motifs is 2. The number of rotatable bonds is 7. The molecule has 0 amide bonds. The highest BCUT2D eigenvalue weighted by atomic mass is 16.5. The van der Waals surface area contributed by atoms with Gasteiger partial charge in [0.15, 0.2) is 5.39 Å². The molecule has 2 aromatic heterocycles. The molecule has 182 valence electrons. The molecule has 0 saturated heterocycles. The van der Waals surface area contributed by atoms with Gasteiger partial charge in [-0.15, -0.1) is 0 Å². The summed E-state index contributed by atoms with van der Waals surface area (Å²) in [5.74, 6) is 2.36. The summed E-state index contributed by atoms with van der Waals surface area (Å²) in [5, 5.41) is 0.209. The normalized spacial score (nSPS) is 11.1. The quantitative estimate of drug-likeness (QED) is 0.315. The molecule has 0 saturated carbocycles. The van der Waals surface area contributed by atoms with Crippen LogP contribution < -0.4 is 25.2 Å². The Kier molecular flexibility index (Phi) is 6.16. The van der Waals surface area contributed by atoms with Crippen LogP contribution in [0.1, 0.15) is 5.56 Å². The van der Waals surface area contributed by atoms with Crippen LogP contribution in [-0.4, -0.2) is 30.9 Å². The van der Waals surface area contributed by atoms with Crippen LogP contribution in [0.25, 0.3) is 33.5 Å². The SMILES string of the molecule is COc1ccc(CCn2c(-c3ccc(OC)cc3)nc3oc4cc(OC)ccc4c(=O)c3c2=O)cc1. The number of ether oxygens (including phenoxy) is 3. The summed E-state index contributed by atoms with van der Waals surface area (Å²) in [6.45, 7) is 0.315. The zero-order chi connectivity index (χ0) is 25.2. The molecule has 0 bridgehead atoms. The van der Waals surface area contributed by atoms with E-state index in [4.69, 9.17) is 18.6 Å². The fourth-order valence-corrected chi connectivity index (χ4v) is 4.14. The van der Waals surface area contributed by atoms with Crippen molar-refractivity contribution < 1.29 is 18.6 Å². The lowest BCUT2D eigenvalue weighted by Crippen LogP contribution is -2.28. The third-order valence-corrected chi connectivity index (χ3v) is 6.13. The van der Waals surface area contributed by atoms with Crippen molar-refractivity contribution in [2.24, 2.45) is 0 Å². The number of benzene rings is 3. The number of aryl methyl sites for hydroxylation is 1. The topological polar surface area (TPSA) is 92.8 Å². The number of nitrogens with zero attached hydrogens (tertiary/aromatic N) is 2. The average molecular weight is 485 g/mol. The Hall–Kier alpha value is -4.59. The van der Waals surface area contributed by atoms with Crippen LogP contribution in [0.2, 0.25) is 0 Å². The van der Waals surface area contributed by atoms with Gasteiger partial charge in [-0.3, -0.25) is 14.2 Å². The molecule has 0 spiro atoms. The predicted octanol–water partition coefficient (Wildman–Crippen LogP) is 4.44. The maximum atomic E-state index is 13.7. The lowest BCUT2D eigenvalue weighted by atomic mass is 10.1. The molecule has 0 fully saturated rings. The number of methoxy groups -OCH3 is 3. The Bertz CT molecular complexity index is 1670. The zero-order valence-electron chi connectivity index (χ0n) is 20.1. The van der Waals surface area contributed by atoms with E-state index < -0.39 is 11.0 Å². The summed E-state index contributed by atoms with van der Waals surface area (Å²) in [6.07, 6.45) is 0.552. The molecule has 2 heterocycles. The molecule has 0 aliphatic rings. The van der Waals surface area contributed by atoms with Gasteiger partial charge in [-0.1, -0.05) is 12.1 Å². The molecule has 3 aromatic carbocycles. The molecule has 0 N–H and O–H groups in total. The van der Waals surface area contributed by atoms with Gasteiger partial charge in [0.05, 0.1) is 26.7 Å². The first-order valence-electron chi connectivity index (χ1n) is 11.3. The molecule has 0 unspecified atom stereocenters. The monoisotopic (exact) mass is 484 g/mol. The fourth-order valence-electron chi connectivity index (χ4n) is 4.14. The second kappa shape index (κ2) is 9.58. The highest BCUT2D eigenvalue weighted by molar-refractivity contribution is 5.89. The van der Waals surface area contributed by atoms with E-state index in [9.17, 15) is 9.59 Å². The van der Waals surface area contributed by atoms with Crippen molar-refractivity contribution >= 4 is 22.1 Å². The van der Waals surface area contributed by atoms with Crippen LogP contribution in [0, 0.1) is 0 Å². The lowest BCUT2D eigenvalue weighted by Gasteiger charge is -2.14. The average Bonchev–Trinajstić information content (AvgIpc) is 2.92. The van der Waals surface area contributed by atoms with E-state index in [1.807, 2.05) is 36.4 Å². The second-order valence-corrected chi connectivity index (χ2v) is 8.19. The summed E-state index contributed by atoms with van der Waals surface area (Å²) in [4.78, 5) is 31.8. The molecule has 8 heteroatoms. The van der Waals surface area contributed by atoms with Crippen LogP contribution in [0.15, 0.2) is 80.7 Å². The second-order valence-electron chi connectivity index (χ2n) is 8.19. The van der Waals surface area contributed by atoms with Crippen LogP contribution in [0.4, 0.5) is 0 Å². The first-order chi connectivity index (χ1) is 17.5. The standard InChI is InChI=1S/C28H24N2O6/c1-33-19-8-4-17(5-9-19)14-15-30-26(18-6-10-20(34-2)11-7-18)29-27-24(28(30)32)25(31)22-13-12-21(35-3)16-23(22)36-27/h4-13,16H,14-15H2,1-3H3. The van der Waals surface area contributed by atoms with Crippen LogP contribution >= 0.6 is 0 Å². The smallest absolute Gasteiger partial charge is 0.269 e. The Balaban J connectivity index is 1.70. The summed E-state index contributed by atoms with van der Waals surface area (Å²) in [6, 6.07) is 19.7. The van der Waals surface area contributed by atoms with E-state index in [0.717, 1.165) is 11.3 Å². The number of hydrogen-bond donors (Lipinski definition) is 0. The van der Waals surface area contributed by atoms with Crippen molar-refractivity contribution in [1.29, 1.82) is 0 Å². The Morgan fingerprint density at radius 1 is 0.806 bits per heavy atom. The van der Waals surface area contributed by atoms with E-state index in [0.29, 0.717) is 46.8 Å². The van der Waals surface area contributed by atoms with Crippen LogP contribution in [-0.2, 0) is 13.0 Å². The van der Waals surface area contributed by atoms with Crippen molar-refractivity contribution in [2.45, 2.75) is 13.0 Å². The van der Waals surface area contributed by atoms with Gasteiger partial charge in [-0.05, 0) is 60.5 Å². The largest absolute Gasteiger partial charge is 0.497 e.